The van der Waals surface area contributed by atoms with E-state index in [1.54, 1.807) is 36.4 Å². The number of ether oxygens (including phenoxy) is 2. The Morgan fingerprint density at radius 1 is 1.06 bits per heavy atom. The molecule has 0 aliphatic heterocycles. The number of nitriles is 1. The number of nitrogens with one attached hydrogen (secondary N) is 1. The summed E-state index contributed by atoms with van der Waals surface area (Å²) in [6.07, 6.45) is 1.50. The number of carbonyl (C=O) groups excluding carboxylic acids is 1. The predicted molar refractivity (Wildman–Crippen MR) is 122 cm³/mol. The third kappa shape index (κ3) is 6.19. The first kappa shape index (κ1) is 22.6. The van der Waals surface area contributed by atoms with Gasteiger partial charge in [-0.25, -0.2) is 4.39 Å². The molecule has 3 aromatic carbocycles. The first-order valence-electron chi connectivity index (χ1n) is 10.1. The molecule has 0 spiro atoms. The van der Waals surface area contributed by atoms with Crippen molar-refractivity contribution in [2.45, 2.75) is 20.5 Å². The Morgan fingerprint density at radius 2 is 1.84 bits per heavy atom. The lowest BCUT2D eigenvalue weighted by molar-refractivity contribution is -0.112. The highest BCUT2D eigenvalue weighted by Gasteiger charge is 2.12. The number of anilines is 1. The Hall–Kier alpha value is -4.11. The van der Waals surface area contributed by atoms with Crippen molar-refractivity contribution in [1.82, 2.24) is 0 Å². The molecule has 0 aliphatic carbocycles. The highest BCUT2D eigenvalue weighted by molar-refractivity contribution is 6.09. The maximum Gasteiger partial charge on any atom is 0.266 e. The molecule has 0 fully saturated rings. The molecule has 0 atom stereocenters. The molecule has 0 saturated heterocycles. The van der Waals surface area contributed by atoms with Gasteiger partial charge in [0.1, 0.15) is 24.1 Å². The van der Waals surface area contributed by atoms with Gasteiger partial charge in [0.05, 0.1) is 6.61 Å². The van der Waals surface area contributed by atoms with Crippen LogP contribution in [-0.4, -0.2) is 12.5 Å². The van der Waals surface area contributed by atoms with E-state index in [0.29, 0.717) is 29.4 Å². The van der Waals surface area contributed by atoms with Gasteiger partial charge in [-0.15, -0.1) is 0 Å². The Kier molecular flexibility index (Phi) is 7.60. The van der Waals surface area contributed by atoms with Crippen LogP contribution in [-0.2, 0) is 11.4 Å². The fourth-order valence-corrected chi connectivity index (χ4v) is 2.98. The molecule has 5 nitrogen and oxygen atoms in total. The standard InChI is InChI=1S/C26H23FN2O3/c1-3-31-25-15-20(9-12-24(25)32-17-19-7-10-22(27)11-8-19)14-21(16-28)26(30)29-23-6-4-5-18(2)13-23/h4-15H,3,17H2,1-2H3,(H,29,30)/b21-14-. The van der Waals surface area contributed by atoms with Crippen LogP contribution < -0.4 is 14.8 Å². The second kappa shape index (κ2) is 10.8. The molecule has 3 rings (SSSR count). The minimum Gasteiger partial charge on any atom is -0.490 e. The number of hydrogen-bond donors (Lipinski definition) is 1. The van der Waals surface area contributed by atoms with Crippen LogP contribution in [0.3, 0.4) is 0 Å². The van der Waals surface area contributed by atoms with Crippen LogP contribution in [0.15, 0.2) is 72.3 Å². The van der Waals surface area contributed by atoms with Crippen molar-refractivity contribution in [3.8, 4) is 17.6 Å². The van der Waals surface area contributed by atoms with E-state index in [-0.39, 0.29) is 18.0 Å². The van der Waals surface area contributed by atoms with E-state index in [0.717, 1.165) is 11.1 Å². The van der Waals surface area contributed by atoms with Gasteiger partial charge in [0.2, 0.25) is 0 Å². The van der Waals surface area contributed by atoms with Crippen molar-refractivity contribution in [2.24, 2.45) is 0 Å². The third-order valence-corrected chi connectivity index (χ3v) is 4.53. The molecule has 1 amide bonds. The van der Waals surface area contributed by atoms with Gasteiger partial charge in [0.25, 0.3) is 5.91 Å². The first-order chi connectivity index (χ1) is 15.5. The van der Waals surface area contributed by atoms with Crippen molar-refractivity contribution in [3.63, 3.8) is 0 Å². The van der Waals surface area contributed by atoms with Crippen LogP contribution in [0.5, 0.6) is 11.5 Å². The van der Waals surface area contributed by atoms with Gasteiger partial charge in [-0.3, -0.25) is 4.79 Å². The topological polar surface area (TPSA) is 71.3 Å². The van der Waals surface area contributed by atoms with Crippen molar-refractivity contribution >= 4 is 17.7 Å². The molecule has 0 heterocycles. The molecule has 0 aliphatic rings. The molecule has 1 N–H and O–H groups in total. The van der Waals surface area contributed by atoms with Gasteiger partial charge in [0.15, 0.2) is 11.5 Å². The zero-order valence-corrected chi connectivity index (χ0v) is 17.9. The van der Waals surface area contributed by atoms with E-state index in [1.165, 1.54) is 18.2 Å². The minimum absolute atomic E-state index is 0.0334. The highest BCUT2D eigenvalue weighted by Crippen LogP contribution is 2.30. The maximum absolute atomic E-state index is 13.1. The predicted octanol–water partition coefficient (Wildman–Crippen LogP) is 5.66. The number of halogens is 1. The van der Waals surface area contributed by atoms with Crippen LogP contribution >= 0.6 is 0 Å². The van der Waals surface area contributed by atoms with Crippen molar-refractivity contribution in [2.75, 3.05) is 11.9 Å². The van der Waals surface area contributed by atoms with Gasteiger partial charge >= 0.3 is 0 Å². The van der Waals surface area contributed by atoms with Crippen molar-refractivity contribution in [3.05, 3.63) is 94.8 Å². The molecule has 3 aromatic rings. The Morgan fingerprint density at radius 3 is 2.53 bits per heavy atom. The summed E-state index contributed by atoms with van der Waals surface area (Å²) in [7, 11) is 0. The summed E-state index contributed by atoms with van der Waals surface area (Å²) in [4.78, 5) is 12.5. The summed E-state index contributed by atoms with van der Waals surface area (Å²) in [5, 5.41) is 12.2. The molecule has 32 heavy (non-hydrogen) atoms. The summed E-state index contributed by atoms with van der Waals surface area (Å²) in [6.45, 7) is 4.44. The second-order valence-electron chi connectivity index (χ2n) is 7.05. The summed E-state index contributed by atoms with van der Waals surface area (Å²) < 4.78 is 24.6. The van der Waals surface area contributed by atoms with Crippen LogP contribution in [0, 0.1) is 24.1 Å². The van der Waals surface area contributed by atoms with E-state index >= 15 is 0 Å². The molecule has 0 bridgehead atoms. The van der Waals surface area contributed by atoms with Crippen LogP contribution in [0.4, 0.5) is 10.1 Å². The second-order valence-corrected chi connectivity index (χ2v) is 7.05. The molecule has 0 radical (unpaired) electrons. The number of hydrogen-bond acceptors (Lipinski definition) is 4. The molecule has 0 saturated carbocycles. The van der Waals surface area contributed by atoms with E-state index in [4.69, 9.17) is 9.47 Å². The lowest BCUT2D eigenvalue weighted by Crippen LogP contribution is -2.13. The van der Waals surface area contributed by atoms with E-state index in [1.807, 2.05) is 38.1 Å². The molecule has 6 heteroatoms. The lowest BCUT2D eigenvalue weighted by atomic mass is 10.1. The Labute approximate surface area is 186 Å². The SMILES string of the molecule is CCOc1cc(/C=C(/C#N)C(=O)Nc2cccc(C)c2)ccc1OCc1ccc(F)cc1. The molecular formula is C26H23FN2O3. The van der Waals surface area contributed by atoms with E-state index in [9.17, 15) is 14.4 Å². The quantitative estimate of drug-likeness (QED) is 0.370. The summed E-state index contributed by atoms with van der Waals surface area (Å²) in [5.74, 6) is 0.197. The number of benzene rings is 3. The van der Waals surface area contributed by atoms with Crippen molar-refractivity contribution in [1.29, 1.82) is 5.26 Å². The fraction of sp³-hybridized carbons (Fsp3) is 0.154. The molecule has 162 valence electrons. The van der Waals surface area contributed by atoms with Gasteiger partial charge in [0, 0.05) is 5.69 Å². The molecular weight excluding hydrogens is 407 g/mol. The van der Waals surface area contributed by atoms with E-state index < -0.39 is 5.91 Å². The number of nitrogens with zero attached hydrogens (tertiary/aromatic N) is 1. The Bertz CT molecular complexity index is 1160. The van der Waals surface area contributed by atoms with E-state index in [2.05, 4.69) is 5.32 Å². The van der Waals surface area contributed by atoms with Crippen LogP contribution in [0.1, 0.15) is 23.6 Å². The lowest BCUT2D eigenvalue weighted by Gasteiger charge is -2.13. The number of aryl methyl sites for hydroxylation is 1. The summed E-state index contributed by atoms with van der Waals surface area (Å²) in [5.41, 5.74) is 3.03. The van der Waals surface area contributed by atoms with Crippen molar-refractivity contribution < 1.29 is 18.7 Å². The zero-order valence-electron chi connectivity index (χ0n) is 17.9. The number of carbonyl (C=O) groups is 1. The summed E-state index contributed by atoms with van der Waals surface area (Å²) in [6, 6.07) is 20.5. The molecule has 0 aromatic heterocycles. The number of rotatable bonds is 8. The van der Waals surface area contributed by atoms with Gasteiger partial charge in [-0.1, -0.05) is 30.3 Å². The van der Waals surface area contributed by atoms with Gasteiger partial charge in [-0.2, -0.15) is 5.26 Å². The summed E-state index contributed by atoms with van der Waals surface area (Å²) >= 11 is 0. The maximum atomic E-state index is 13.1. The number of amides is 1. The third-order valence-electron chi connectivity index (χ3n) is 4.53. The minimum atomic E-state index is -0.493. The molecule has 0 unspecified atom stereocenters. The average molecular weight is 430 g/mol. The largest absolute Gasteiger partial charge is 0.490 e. The highest BCUT2D eigenvalue weighted by atomic mass is 19.1. The zero-order chi connectivity index (χ0) is 22.9. The average Bonchev–Trinajstić information content (AvgIpc) is 2.78. The van der Waals surface area contributed by atoms with Crippen LogP contribution in [0.25, 0.3) is 6.08 Å². The Balaban J connectivity index is 1.77. The first-order valence-corrected chi connectivity index (χ1v) is 10.1. The fourth-order valence-electron chi connectivity index (χ4n) is 2.98. The smallest absolute Gasteiger partial charge is 0.266 e. The normalized spacial score (nSPS) is 10.9. The van der Waals surface area contributed by atoms with Gasteiger partial charge < -0.3 is 14.8 Å². The van der Waals surface area contributed by atoms with Gasteiger partial charge in [-0.05, 0) is 73.0 Å². The monoisotopic (exact) mass is 430 g/mol. The van der Waals surface area contributed by atoms with Crippen LogP contribution in [0.2, 0.25) is 0 Å².